The molecule has 1 saturated heterocycles. The Labute approximate surface area is 149 Å². The van der Waals surface area contributed by atoms with E-state index in [-0.39, 0.29) is 0 Å². The zero-order valence-electron chi connectivity index (χ0n) is 14.9. The SMILES string of the molecule is Cc1ccc(-c2c(C[NH+]3CCCCC3)c(N)[nH+]c3ccccc23)cc1. The molecule has 0 bridgehead atoms. The minimum Gasteiger partial charge on any atom is -0.331 e. The third kappa shape index (κ3) is 3.24. The fourth-order valence-corrected chi connectivity index (χ4v) is 4.04. The van der Waals surface area contributed by atoms with Crippen LogP contribution in [-0.2, 0) is 6.54 Å². The Bertz CT molecular complexity index is 878. The van der Waals surface area contributed by atoms with Crippen LogP contribution in [0.1, 0.15) is 30.4 Å². The van der Waals surface area contributed by atoms with Gasteiger partial charge in [0.25, 0.3) is 5.82 Å². The molecule has 128 valence electrons. The standard InChI is InChI=1S/C22H25N3/c1-16-9-11-17(12-10-16)21-18-7-3-4-8-20(18)24-22(23)19(21)15-25-13-5-2-6-14-25/h3-4,7-12H,2,5-6,13-15H2,1H3,(H2,23,24)/p+2. The molecule has 2 heterocycles. The largest absolute Gasteiger partial charge is 0.331 e. The number of nitrogen functional groups attached to an aromatic ring is 1. The van der Waals surface area contributed by atoms with Gasteiger partial charge in [-0.1, -0.05) is 48.0 Å². The molecule has 3 aromatic rings. The van der Waals surface area contributed by atoms with Crippen LogP contribution in [0.3, 0.4) is 0 Å². The molecule has 1 aliphatic heterocycles. The van der Waals surface area contributed by atoms with Crippen molar-refractivity contribution in [2.45, 2.75) is 32.7 Å². The van der Waals surface area contributed by atoms with E-state index in [2.05, 4.69) is 60.4 Å². The lowest BCUT2D eigenvalue weighted by Gasteiger charge is -2.24. The number of para-hydroxylation sites is 1. The lowest BCUT2D eigenvalue weighted by Crippen LogP contribution is -3.11. The first kappa shape index (κ1) is 16.1. The fraction of sp³-hybridized carbons (Fsp3) is 0.318. The summed E-state index contributed by atoms with van der Waals surface area (Å²) in [6.45, 7) is 5.63. The summed E-state index contributed by atoms with van der Waals surface area (Å²) in [5, 5.41) is 1.26. The van der Waals surface area contributed by atoms with Crippen molar-refractivity contribution >= 4 is 16.7 Å². The molecular weight excluding hydrogens is 306 g/mol. The molecule has 2 aromatic carbocycles. The van der Waals surface area contributed by atoms with Crippen molar-refractivity contribution in [3.8, 4) is 11.1 Å². The first-order valence-electron chi connectivity index (χ1n) is 9.35. The van der Waals surface area contributed by atoms with Crippen LogP contribution >= 0.6 is 0 Å². The quantitative estimate of drug-likeness (QED) is 0.760. The molecule has 4 rings (SSSR count). The summed E-state index contributed by atoms with van der Waals surface area (Å²) < 4.78 is 0. The lowest BCUT2D eigenvalue weighted by molar-refractivity contribution is -0.918. The first-order chi connectivity index (χ1) is 12.2. The summed E-state index contributed by atoms with van der Waals surface area (Å²) in [5.74, 6) is 0.812. The molecule has 1 aliphatic rings. The van der Waals surface area contributed by atoms with Gasteiger partial charge in [0.15, 0.2) is 0 Å². The Kier molecular flexibility index (Phi) is 4.41. The summed E-state index contributed by atoms with van der Waals surface area (Å²) in [4.78, 5) is 5.08. The summed E-state index contributed by atoms with van der Waals surface area (Å²) in [6.07, 6.45) is 4.02. The predicted molar refractivity (Wildman–Crippen MR) is 103 cm³/mol. The van der Waals surface area contributed by atoms with E-state index in [1.807, 2.05) is 0 Å². The third-order valence-electron chi connectivity index (χ3n) is 5.42. The van der Waals surface area contributed by atoms with Gasteiger partial charge in [-0.15, -0.1) is 0 Å². The van der Waals surface area contributed by atoms with Gasteiger partial charge < -0.3 is 4.90 Å². The van der Waals surface area contributed by atoms with Crippen molar-refractivity contribution in [3.63, 3.8) is 0 Å². The molecule has 0 atom stereocenters. The highest BCUT2D eigenvalue weighted by atomic mass is 15.1. The number of fused-ring (bicyclic) bond motifs is 1. The predicted octanol–water partition coefficient (Wildman–Crippen LogP) is 2.78. The van der Waals surface area contributed by atoms with Crippen LogP contribution in [0.4, 0.5) is 5.82 Å². The van der Waals surface area contributed by atoms with Crippen molar-refractivity contribution in [3.05, 3.63) is 59.7 Å². The van der Waals surface area contributed by atoms with Gasteiger partial charge in [0.1, 0.15) is 17.6 Å². The van der Waals surface area contributed by atoms with E-state index in [4.69, 9.17) is 5.73 Å². The third-order valence-corrected chi connectivity index (χ3v) is 5.42. The second kappa shape index (κ2) is 6.85. The average Bonchev–Trinajstić information content (AvgIpc) is 2.64. The van der Waals surface area contributed by atoms with Gasteiger partial charge in [-0.2, -0.15) is 0 Å². The summed E-state index contributed by atoms with van der Waals surface area (Å²) in [5.41, 5.74) is 12.7. The van der Waals surface area contributed by atoms with E-state index < -0.39 is 0 Å². The van der Waals surface area contributed by atoms with Crippen LogP contribution < -0.4 is 15.6 Å². The highest BCUT2D eigenvalue weighted by Crippen LogP contribution is 2.32. The lowest BCUT2D eigenvalue weighted by atomic mass is 9.94. The molecule has 1 fully saturated rings. The molecule has 0 aliphatic carbocycles. The Morgan fingerprint density at radius 3 is 2.44 bits per heavy atom. The summed E-state index contributed by atoms with van der Waals surface area (Å²) >= 11 is 0. The first-order valence-corrected chi connectivity index (χ1v) is 9.35. The molecule has 4 N–H and O–H groups in total. The van der Waals surface area contributed by atoms with Gasteiger partial charge >= 0.3 is 0 Å². The molecule has 0 spiro atoms. The maximum absolute atomic E-state index is 6.50. The number of hydrogen-bond donors (Lipinski definition) is 2. The van der Waals surface area contributed by atoms with Crippen molar-refractivity contribution in [1.82, 2.24) is 0 Å². The van der Waals surface area contributed by atoms with Crippen molar-refractivity contribution in [1.29, 1.82) is 0 Å². The second-order valence-corrected chi connectivity index (χ2v) is 7.29. The molecule has 3 heteroatoms. The number of anilines is 1. The van der Waals surface area contributed by atoms with E-state index in [0.717, 1.165) is 17.9 Å². The van der Waals surface area contributed by atoms with Gasteiger partial charge in [0.05, 0.1) is 13.1 Å². The van der Waals surface area contributed by atoms with Gasteiger partial charge in [-0.05, 0) is 37.8 Å². The molecule has 0 unspecified atom stereocenters. The number of aryl methyl sites for hydroxylation is 1. The van der Waals surface area contributed by atoms with Crippen LogP contribution in [0.15, 0.2) is 48.5 Å². The fourth-order valence-electron chi connectivity index (χ4n) is 4.04. The maximum Gasteiger partial charge on any atom is 0.280 e. The van der Waals surface area contributed by atoms with Gasteiger partial charge in [-0.25, -0.2) is 4.98 Å². The van der Waals surface area contributed by atoms with E-state index >= 15 is 0 Å². The molecule has 0 saturated carbocycles. The van der Waals surface area contributed by atoms with Crippen LogP contribution in [0, 0.1) is 6.92 Å². The number of aromatic amines is 1. The van der Waals surface area contributed by atoms with Crippen LogP contribution in [-0.4, -0.2) is 13.1 Å². The maximum atomic E-state index is 6.50. The topological polar surface area (TPSA) is 44.6 Å². The smallest absolute Gasteiger partial charge is 0.280 e. The monoisotopic (exact) mass is 333 g/mol. The van der Waals surface area contributed by atoms with E-state index in [9.17, 15) is 0 Å². The Balaban J connectivity index is 1.88. The van der Waals surface area contributed by atoms with Crippen molar-refractivity contribution in [2.75, 3.05) is 18.8 Å². The van der Waals surface area contributed by atoms with Crippen LogP contribution in [0.25, 0.3) is 22.0 Å². The number of aromatic nitrogens is 1. The van der Waals surface area contributed by atoms with Gasteiger partial charge in [0, 0.05) is 10.9 Å². The zero-order chi connectivity index (χ0) is 17.2. The number of piperidine rings is 1. The minimum absolute atomic E-state index is 0.812. The number of hydrogen-bond acceptors (Lipinski definition) is 1. The zero-order valence-corrected chi connectivity index (χ0v) is 14.9. The van der Waals surface area contributed by atoms with Crippen LogP contribution in [0.5, 0.6) is 0 Å². The number of benzene rings is 2. The summed E-state index contributed by atoms with van der Waals surface area (Å²) in [7, 11) is 0. The Hall–Kier alpha value is -2.39. The number of quaternary nitrogens is 1. The second-order valence-electron chi connectivity index (χ2n) is 7.29. The van der Waals surface area contributed by atoms with E-state index in [0.29, 0.717) is 0 Å². The molecule has 25 heavy (non-hydrogen) atoms. The molecule has 1 aromatic heterocycles. The molecule has 3 nitrogen and oxygen atoms in total. The van der Waals surface area contributed by atoms with Crippen molar-refractivity contribution < 1.29 is 9.88 Å². The van der Waals surface area contributed by atoms with Crippen LogP contribution in [0.2, 0.25) is 0 Å². The van der Waals surface area contributed by atoms with Gasteiger partial charge in [0.2, 0.25) is 0 Å². The number of nitrogens with one attached hydrogen (secondary N) is 2. The number of likely N-dealkylation sites (tertiary alicyclic amines) is 1. The minimum atomic E-state index is 0.812. The molecule has 0 radical (unpaired) electrons. The number of nitrogens with two attached hydrogens (primary N) is 1. The van der Waals surface area contributed by atoms with E-state index in [1.54, 1.807) is 4.90 Å². The molecular formula is C22H27N3+2. The number of H-pyrrole nitrogens is 1. The Morgan fingerprint density at radius 2 is 1.68 bits per heavy atom. The van der Waals surface area contributed by atoms with E-state index in [1.165, 1.54) is 60.0 Å². The number of pyridine rings is 1. The highest BCUT2D eigenvalue weighted by molar-refractivity contribution is 5.95. The Morgan fingerprint density at radius 1 is 0.960 bits per heavy atom. The van der Waals surface area contributed by atoms with Gasteiger partial charge in [-0.3, -0.25) is 5.73 Å². The highest BCUT2D eigenvalue weighted by Gasteiger charge is 2.23. The van der Waals surface area contributed by atoms with Crippen molar-refractivity contribution in [2.24, 2.45) is 0 Å². The molecule has 0 amide bonds. The summed E-state index contributed by atoms with van der Waals surface area (Å²) in [6, 6.07) is 17.3. The average molecular weight is 333 g/mol. The normalized spacial score (nSPS) is 15.6. The number of rotatable bonds is 3.